The van der Waals surface area contributed by atoms with Crippen LogP contribution >= 0.6 is 15.9 Å². The van der Waals surface area contributed by atoms with Crippen LogP contribution in [0.5, 0.6) is 0 Å². The van der Waals surface area contributed by atoms with Gasteiger partial charge in [0.25, 0.3) is 5.91 Å². The molecule has 0 aromatic heterocycles. The number of amides is 1. The number of hydrogen-bond acceptors (Lipinski definition) is 1. The van der Waals surface area contributed by atoms with Gasteiger partial charge in [0, 0.05) is 16.4 Å². The van der Waals surface area contributed by atoms with Crippen molar-refractivity contribution in [2.24, 2.45) is 0 Å². The largest absolute Gasteiger partial charge is 0.348 e. The number of carbonyl (C=O) groups is 1. The number of hydrogen-bond donors (Lipinski definition) is 1. The van der Waals surface area contributed by atoms with Gasteiger partial charge in [-0.2, -0.15) is 0 Å². The summed E-state index contributed by atoms with van der Waals surface area (Å²) in [6.07, 6.45) is 3.17. The van der Waals surface area contributed by atoms with Crippen molar-refractivity contribution in [3.8, 4) is 0 Å². The number of alkyl halides is 1. The van der Waals surface area contributed by atoms with E-state index in [-0.39, 0.29) is 17.8 Å². The quantitative estimate of drug-likeness (QED) is 0.835. The summed E-state index contributed by atoms with van der Waals surface area (Å²) in [6, 6.07) is 4.45. The van der Waals surface area contributed by atoms with Crippen molar-refractivity contribution < 1.29 is 9.18 Å². The van der Waals surface area contributed by atoms with E-state index in [9.17, 15) is 9.18 Å². The second-order valence-electron chi connectivity index (χ2n) is 4.49. The normalized spacial score (nSPS) is 23.7. The Morgan fingerprint density at radius 3 is 2.88 bits per heavy atom. The number of aryl methyl sites for hydroxylation is 1. The third kappa shape index (κ3) is 2.86. The van der Waals surface area contributed by atoms with E-state index in [2.05, 4.69) is 21.2 Å². The summed E-state index contributed by atoms with van der Waals surface area (Å²) in [7, 11) is 0. The van der Waals surface area contributed by atoms with Gasteiger partial charge in [0.2, 0.25) is 0 Å². The second-order valence-corrected chi connectivity index (χ2v) is 5.66. The van der Waals surface area contributed by atoms with Gasteiger partial charge in [0.1, 0.15) is 5.82 Å². The van der Waals surface area contributed by atoms with Crippen molar-refractivity contribution in [3.63, 3.8) is 0 Å². The highest BCUT2D eigenvalue weighted by atomic mass is 79.9. The first-order chi connectivity index (χ1) is 8.08. The lowest BCUT2D eigenvalue weighted by molar-refractivity contribution is 0.0938. The number of rotatable bonds is 2. The molecule has 17 heavy (non-hydrogen) atoms. The van der Waals surface area contributed by atoms with Crippen molar-refractivity contribution in [1.82, 2.24) is 5.32 Å². The molecule has 0 bridgehead atoms. The monoisotopic (exact) mass is 299 g/mol. The Morgan fingerprint density at radius 1 is 1.47 bits per heavy atom. The Morgan fingerprint density at radius 2 is 2.24 bits per heavy atom. The minimum atomic E-state index is -0.373. The Labute approximate surface area is 109 Å². The minimum Gasteiger partial charge on any atom is -0.348 e. The smallest absolute Gasteiger partial charge is 0.251 e. The zero-order valence-corrected chi connectivity index (χ0v) is 11.3. The van der Waals surface area contributed by atoms with E-state index in [1.54, 1.807) is 6.07 Å². The summed E-state index contributed by atoms with van der Waals surface area (Å²) >= 11 is 3.55. The molecule has 4 heteroatoms. The van der Waals surface area contributed by atoms with E-state index in [0.29, 0.717) is 10.4 Å². The molecule has 0 saturated heterocycles. The highest BCUT2D eigenvalue weighted by molar-refractivity contribution is 9.09. The molecule has 0 spiro atoms. The summed E-state index contributed by atoms with van der Waals surface area (Å²) in [4.78, 5) is 12.4. The zero-order chi connectivity index (χ0) is 12.4. The van der Waals surface area contributed by atoms with Crippen LogP contribution in [0.1, 0.15) is 35.2 Å². The average molecular weight is 300 g/mol. The summed E-state index contributed by atoms with van der Waals surface area (Å²) < 4.78 is 13.1. The first-order valence-electron chi connectivity index (χ1n) is 5.79. The molecule has 0 heterocycles. The van der Waals surface area contributed by atoms with Gasteiger partial charge < -0.3 is 5.32 Å². The SMILES string of the molecule is Cc1ccc(F)cc1C(=O)NC1CCCC1Br. The molecular weight excluding hydrogens is 285 g/mol. The lowest BCUT2D eigenvalue weighted by atomic mass is 10.1. The third-order valence-corrected chi connectivity index (χ3v) is 4.29. The molecule has 0 aliphatic heterocycles. The Hall–Kier alpha value is -0.900. The van der Waals surface area contributed by atoms with Crippen LogP contribution in [-0.4, -0.2) is 16.8 Å². The van der Waals surface area contributed by atoms with Crippen molar-refractivity contribution in [3.05, 3.63) is 35.1 Å². The van der Waals surface area contributed by atoms with Crippen LogP contribution in [0.4, 0.5) is 4.39 Å². The van der Waals surface area contributed by atoms with E-state index in [1.807, 2.05) is 6.92 Å². The fourth-order valence-corrected chi connectivity index (χ4v) is 2.88. The van der Waals surface area contributed by atoms with E-state index < -0.39 is 0 Å². The maximum atomic E-state index is 13.1. The first-order valence-corrected chi connectivity index (χ1v) is 6.70. The van der Waals surface area contributed by atoms with Gasteiger partial charge >= 0.3 is 0 Å². The number of carbonyl (C=O) groups excluding carboxylic acids is 1. The molecule has 2 rings (SSSR count). The summed E-state index contributed by atoms with van der Waals surface area (Å²) in [6.45, 7) is 1.81. The van der Waals surface area contributed by atoms with Gasteiger partial charge in [-0.3, -0.25) is 4.79 Å². The molecule has 1 aliphatic rings. The lowest BCUT2D eigenvalue weighted by Crippen LogP contribution is -2.38. The molecule has 1 aliphatic carbocycles. The lowest BCUT2D eigenvalue weighted by Gasteiger charge is -2.16. The summed E-state index contributed by atoms with van der Waals surface area (Å²) in [5, 5.41) is 2.96. The molecule has 1 saturated carbocycles. The fourth-order valence-electron chi connectivity index (χ4n) is 2.16. The number of benzene rings is 1. The predicted molar refractivity (Wildman–Crippen MR) is 69.0 cm³/mol. The van der Waals surface area contributed by atoms with Crippen LogP contribution in [-0.2, 0) is 0 Å². The van der Waals surface area contributed by atoms with Gasteiger partial charge in [0.15, 0.2) is 0 Å². The zero-order valence-electron chi connectivity index (χ0n) is 9.67. The van der Waals surface area contributed by atoms with Gasteiger partial charge in [-0.25, -0.2) is 4.39 Å². The highest BCUT2D eigenvalue weighted by Crippen LogP contribution is 2.26. The van der Waals surface area contributed by atoms with Crippen molar-refractivity contribution in [2.75, 3.05) is 0 Å². The number of nitrogens with one attached hydrogen (secondary N) is 1. The molecule has 1 aromatic rings. The van der Waals surface area contributed by atoms with Crippen LogP contribution in [0.25, 0.3) is 0 Å². The van der Waals surface area contributed by atoms with Gasteiger partial charge in [-0.1, -0.05) is 28.4 Å². The molecule has 2 nitrogen and oxygen atoms in total. The molecule has 2 atom stereocenters. The van der Waals surface area contributed by atoms with E-state index in [4.69, 9.17) is 0 Å². The van der Waals surface area contributed by atoms with Gasteiger partial charge in [-0.05, 0) is 37.5 Å². The topological polar surface area (TPSA) is 29.1 Å². The molecule has 1 amide bonds. The molecule has 1 fully saturated rings. The molecule has 0 radical (unpaired) electrons. The number of halogens is 2. The summed E-state index contributed by atoms with van der Waals surface area (Å²) in [5.74, 6) is -0.555. The Balaban J connectivity index is 2.11. The van der Waals surface area contributed by atoms with Gasteiger partial charge in [0.05, 0.1) is 0 Å². The van der Waals surface area contributed by atoms with E-state index in [1.165, 1.54) is 12.1 Å². The van der Waals surface area contributed by atoms with Gasteiger partial charge in [-0.15, -0.1) is 0 Å². The maximum absolute atomic E-state index is 13.1. The molecule has 92 valence electrons. The van der Waals surface area contributed by atoms with Crippen LogP contribution in [0.15, 0.2) is 18.2 Å². The average Bonchev–Trinajstić information content (AvgIpc) is 2.68. The highest BCUT2D eigenvalue weighted by Gasteiger charge is 2.26. The molecule has 1 N–H and O–H groups in total. The van der Waals surface area contributed by atoms with Crippen molar-refractivity contribution >= 4 is 21.8 Å². The van der Waals surface area contributed by atoms with Crippen molar-refractivity contribution in [2.45, 2.75) is 37.1 Å². The summed E-state index contributed by atoms with van der Waals surface area (Å²) in [5.41, 5.74) is 1.23. The third-order valence-electron chi connectivity index (χ3n) is 3.19. The fraction of sp³-hybridized carbons (Fsp3) is 0.462. The minimum absolute atomic E-state index is 0.158. The first kappa shape index (κ1) is 12.6. The van der Waals surface area contributed by atoms with Crippen LogP contribution in [0.2, 0.25) is 0 Å². The standard InChI is InChI=1S/C13H15BrFNO/c1-8-5-6-9(15)7-10(8)13(17)16-12-4-2-3-11(12)14/h5-7,11-12H,2-4H2,1H3,(H,16,17). The van der Waals surface area contributed by atoms with Crippen LogP contribution < -0.4 is 5.32 Å². The molecule has 1 aromatic carbocycles. The van der Waals surface area contributed by atoms with Crippen LogP contribution in [0, 0.1) is 12.7 Å². The van der Waals surface area contributed by atoms with Crippen molar-refractivity contribution in [1.29, 1.82) is 0 Å². The van der Waals surface area contributed by atoms with E-state index >= 15 is 0 Å². The predicted octanol–water partition coefficient (Wildman–Crippen LogP) is 3.18. The molecule has 2 unspecified atom stereocenters. The maximum Gasteiger partial charge on any atom is 0.251 e. The second kappa shape index (κ2) is 5.17. The Bertz CT molecular complexity index is 435. The Kier molecular flexibility index (Phi) is 3.82. The van der Waals surface area contributed by atoms with E-state index in [0.717, 1.165) is 24.8 Å². The molecular formula is C13H15BrFNO. The van der Waals surface area contributed by atoms with Crippen LogP contribution in [0.3, 0.4) is 0 Å².